The van der Waals surface area contributed by atoms with Gasteiger partial charge in [-0.3, -0.25) is 4.79 Å². The Labute approximate surface area is 185 Å². The largest absolute Gasteiger partial charge is 0.495 e. The molecule has 1 amide bonds. The highest BCUT2D eigenvalue weighted by molar-refractivity contribution is 7.89. The van der Waals surface area contributed by atoms with Gasteiger partial charge in [0.05, 0.1) is 7.11 Å². The molecule has 8 heteroatoms. The van der Waals surface area contributed by atoms with Crippen molar-refractivity contribution in [2.75, 3.05) is 20.2 Å². The average Bonchev–Trinajstić information content (AvgIpc) is 2.72. The van der Waals surface area contributed by atoms with Crippen molar-refractivity contribution in [3.63, 3.8) is 0 Å². The fourth-order valence-corrected chi connectivity index (χ4v) is 6.67. The van der Waals surface area contributed by atoms with Crippen LogP contribution in [-0.4, -0.2) is 44.9 Å². The molecule has 3 rings (SSSR count). The molecular formula is C22H33ClN2O4S. The van der Waals surface area contributed by atoms with Crippen LogP contribution in [0.1, 0.15) is 64.2 Å². The van der Waals surface area contributed by atoms with Gasteiger partial charge in [0.25, 0.3) is 0 Å². The summed E-state index contributed by atoms with van der Waals surface area (Å²) >= 11 is 6.07. The van der Waals surface area contributed by atoms with Gasteiger partial charge in [-0.25, -0.2) is 8.42 Å². The third-order valence-electron chi connectivity index (χ3n) is 6.27. The van der Waals surface area contributed by atoms with Crippen molar-refractivity contribution in [2.24, 2.45) is 5.92 Å². The number of nitrogens with one attached hydrogen (secondary N) is 1. The molecule has 0 spiro atoms. The number of methoxy groups -OCH3 is 1. The van der Waals surface area contributed by atoms with Crippen LogP contribution in [0.25, 0.3) is 0 Å². The number of hydrogen-bond acceptors (Lipinski definition) is 4. The van der Waals surface area contributed by atoms with Crippen LogP contribution >= 0.6 is 11.6 Å². The van der Waals surface area contributed by atoms with Crippen LogP contribution < -0.4 is 10.1 Å². The Bertz CT molecular complexity index is 822. The molecular weight excluding hydrogens is 424 g/mol. The van der Waals surface area contributed by atoms with Gasteiger partial charge in [0.15, 0.2) is 0 Å². The van der Waals surface area contributed by atoms with E-state index in [9.17, 15) is 13.2 Å². The molecule has 1 saturated carbocycles. The molecule has 1 N–H and O–H groups in total. The Hall–Kier alpha value is -1.31. The number of carbonyl (C=O) groups excluding carboxylic acids is 1. The normalized spacial score (nSPS) is 22.1. The zero-order chi connectivity index (χ0) is 21.6. The van der Waals surface area contributed by atoms with E-state index in [1.165, 1.54) is 36.7 Å². The molecule has 1 saturated heterocycles. The van der Waals surface area contributed by atoms with Crippen molar-refractivity contribution in [3.8, 4) is 5.75 Å². The number of piperidine rings is 1. The minimum Gasteiger partial charge on any atom is -0.495 e. The van der Waals surface area contributed by atoms with Crippen molar-refractivity contribution in [2.45, 2.75) is 75.1 Å². The van der Waals surface area contributed by atoms with Gasteiger partial charge in [-0.05, 0) is 43.9 Å². The van der Waals surface area contributed by atoms with E-state index in [1.54, 1.807) is 12.1 Å². The summed E-state index contributed by atoms with van der Waals surface area (Å²) in [5, 5.41) is 3.41. The highest BCUT2D eigenvalue weighted by Crippen LogP contribution is 2.33. The predicted molar refractivity (Wildman–Crippen MR) is 118 cm³/mol. The van der Waals surface area contributed by atoms with Crippen LogP contribution in [0.5, 0.6) is 5.75 Å². The highest BCUT2D eigenvalue weighted by atomic mass is 35.5. The van der Waals surface area contributed by atoms with Crippen molar-refractivity contribution in [1.29, 1.82) is 0 Å². The molecule has 0 aromatic heterocycles. The zero-order valence-corrected chi connectivity index (χ0v) is 19.3. The maximum absolute atomic E-state index is 13.4. The summed E-state index contributed by atoms with van der Waals surface area (Å²) < 4.78 is 33.7. The smallest absolute Gasteiger partial charge is 0.247 e. The molecule has 1 heterocycles. The molecule has 0 bridgehead atoms. The van der Waals surface area contributed by atoms with E-state index in [4.69, 9.17) is 16.3 Å². The quantitative estimate of drug-likeness (QED) is 0.689. The Morgan fingerprint density at radius 1 is 1.10 bits per heavy atom. The second-order valence-corrected chi connectivity index (χ2v) is 10.6. The van der Waals surface area contributed by atoms with Gasteiger partial charge >= 0.3 is 0 Å². The first-order chi connectivity index (χ1) is 14.4. The van der Waals surface area contributed by atoms with Crippen LogP contribution in [0.4, 0.5) is 0 Å². The van der Waals surface area contributed by atoms with Crippen molar-refractivity contribution in [3.05, 3.63) is 23.2 Å². The number of amides is 1. The zero-order valence-electron chi connectivity index (χ0n) is 17.7. The average molecular weight is 457 g/mol. The first kappa shape index (κ1) is 23.4. The Balaban J connectivity index is 1.71. The summed E-state index contributed by atoms with van der Waals surface area (Å²) in [4.78, 5) is 12.8. The lowest BCUT2D eigenvalue weighted by molar-refractivity contribution is -0.125. The van der Waals surface area contributed by atoms with E-state index >= 15 is 0 Å². The monoisotopic (exact) mass is 456 g/mol. The number of ether oxygens (including phenoxy) is 1. The minimum atomic E-state index is -3.79. The number of sulfonamides is 1. The first-order valence-corrected chi connectivity index (χ1v) is 12.9. The number of nitrogens with zero attached hydrogens (tertiary/aromatic N) is 1. The first-order valence-electron chi connectivity index (χ1n) is 11.1. The van der Waals surface area contributed by atoms with Crippen molar-refractivity contribution >= 4 is 27.5 Å². The summed E-state index contributed by atoms with van der Waals surface area (Å²) in [5.41, 5.74) is 0. The lowest BCUT2D eigenvalue weighted by Crippen LogP contribution is -2.50. The van der Waals surface area contributed by atoms with Crippen molar-refractivity contribution in [1.82, 2.24) is 9.62 Å². The third kappa shape index (κ3) is 5.68. The van der Waals surface area contributed by atoms with Gasteiger partial charge in [-0.2, -0.15) is 4.31 Å². The fraction of sp³-hybridized carbons (Fsp3) is 0.682. The van der Waals surface area contributed by atoms with E-state index in [1.807, 2.05) is 0 Å². The van der Waals surface area contributed by atoms with E-state index in [-0.39, 0.29) is 28.5 Å². The van der Waals surface area contributed by atoms with Gasteiger partial charge < -0.3 is 10.1 Å². The minimum absolute atomic E-state index is 0.0481. The van der Waals surface area contributed by atoms with Crippen LogP contribution in [0.2, 0.25) is 5.02 Å². The molecule has 2 aliphatic rings. The molecule has 1 aromatic carbocycles. The van der Waals surface area contributed by atoms with Crippen LogP contribution in [0.15, 0.2) is 23.1 Å². The molecule has 1 aliphatic carbocycles. The van der Waals surface area contributed by atoms with Gasteiger partial charge in [0, 0.05) is 30.1 Å². The third-order valence-corrected chi connectivity index (χ3v) is 8.48. The van der Waals surface area contributed by atoms with Crippen LogP contribution in [0.3, 0.4) is 0 Å². The number of rotatable bonds is 6. The van der Waals surface area contributed by atoms with Gasteiger partial charge in [0.2, 0.25) is 15.9 Å². The molecule has 168 valence electrons. The Morgan fingerprint density at radius 3 is 2.47 bits per heavy atom. The number of carbonyl (C=O) groups is 1. The van der Waals surface area contributed by atoms with Crippen LogP contribution in [-0.2, 0) is 14.8 Å². The van der Waals surface area contributed by atoms with Gasteiger partial charge in [-0.15, -0.1) is 0 Å². The number of benzene rings is 1. The highest BCUT2D eigenvalue weighted by Gasteiger charge is 2.36. The lowest BCUT2D eigenvalue weighted by Gasteiger charge is -2.35. The van der Waals surface area contributed by atoms with E-state index in [2.05, 4.69) is 5.32 Å². The SMILES string of the molecule is COc1ccc(Cl)cc1S(=O)(=O)N1CCCCC1CNC(=O)C1CCCCCCC1. The summed E-state index contributed by atoms with van der Waals surface area (Å²) in [6.45, 7) is 0.777. The maximum Gasteiger partial charge on any atom is 0.247 e. The molecule has 30 heavy (non-hydrogen) atoms. The second kappa shape index (κ2) is 10.8. The standard InChI is InChI=1S/C22H33ClN2O4S/c1-29-20-13-12-18(23)15-21(20)30(27,28)25-14-8-7-11-19(25)16-24-22(26)17-9-5-3-2-4-6-10-17/h12-13,15,17,19H,2-11,14,16H2,1H3,(H,24,26). The summed E-state index contributed by atoms with van der Waals surface area (Å²) in [6.07, 6.45) is 10.2. The Morgan fingerprint density at radius 2 is 1.77 bits per heavy atom. The molecule has 1 aromatic rings. The molecule has 1 unspecified atom stereocenters. The Kier molecular flexibility index (Phi) is 8.43. The number of halogens is 1. The molecule has 2 fully saturated rings. The lowest BCUT2D eigenvalue weighted by atomic mass is 9.90. The maximum atomic E-state index is 13.4. The molecule has 0 radical (unpaired) electrons. The van der Waals surface area contributed by atoms with Gasteiger partial charge in [0.1, 0.15) is 10.6 Å². The van der Waals surface area contributed by atoms with E-state index in [0.717, 1.165) is 44.9 Å². The van der Waals surface area contributed by atoms with Gasteiger partial charge in [-0.1, -0.05) is 50.1 Å². The predicted octanol–water partition coefficient (Wildman–Crippen LogP) is 4.37. The number of hydrogen-bond donors (Lipinski definition) is 1. The topological polar surface area (TPSA) is 75.7 Å². The van der Waals surface area contributed by atoms with E-state index < -0.39 is 10.0 Å². The van der Waals surface area contributed by atoms with E-state index in [0.29, 0.717) is 18.1 Å². The van der Waals surface area contributed by atoms with Crippen LogP contribution in [0, 0.1) is 5.92 Å². The summed E-state index contributed by atoms with van der Waals surface area (Å²) in [6, 6.07) is 4.37. The molecule has 1 aliphatic heterocycles. The summed E-state index contributed by atoms with van der Waals surface area (Å²) in [5.74, 6) is 0.398. The summed E-state index contributed by atoms with van der Waals surface area (Å²) in [7, 11) is -2.34. The fourth-order valence-electron chi connectivity index (χ4n) is 4.55. The van der Waals surface area contributed by atoms with Crippen molar-refractivity contribution < 1.29 is 17.9 Å². The second-order valence-electron chi connectivity index (χ2n) is 8.35. The molecule has 6 nitrogen and oxygen atoms in total. The molecule has 1 atom stereocenters.